The van der Waals surface area contributed by atoms with Crippen LogP contribution in [-0.2, 0) is 4.57 Å². The molecule has 76 valence electrons. The van der Waals surface area contributed by atoms with Gasteiger partial charge < -0.3 is 9.63 Å². The maximum atomic E-state index is 10.5. The molecule has 0 aliphatic carbocycles. The smallest absolute Gasteiger partial charge is 0.218 e. The second kappa shape index (κ2) is 7.22. The van der Waals surface area contributed by atoms with Crippen molar-refractivity contribution in [3.63, 3.8) is 0 Å². The molecule has 0 fully saturated rings. The van der Waals surface area contributed by atoms with E-state index in [2.05, 4.69) is 0 Å². The van der Waals surface area contributed by atoms with Gasteiger partial charge in [0.15, 0.2) is 0 Å². The normalized spacial score (nSPS) is 10.6. The molecule has 1 aromatic carbocycles. The summed E-state index contributed by atoms with van der Waals surface area (Å²) >= 11 is 0. The first-order valence-electron chi connectivity index (χ1n) is 3.11. The molecule has 6 heteroatoms. The summed E-state index contributed by atoms with van der Waals surface area (Å²) in [6.45, 7) is 0. The maximum Gasteiger partial charge on any atom is 0.218 e. The Hall–Kier alpha value is -0.210. The standard InChI is InChI=1S/C7H9O3P.2ClH/c1-10-6-2-4-7(5-3-6)11(8)9;;/h2-5,11H,1H3,(H,8,9);2*1H. The summed E-state index contributed by atoms with van der Waals surface area (Å²) in [5.41, 5.74) is 0. The van der Waals surface area contributed by atoms with E-state index in [0.29, 0.717) is 11.1 Å². The minimum Gasteiger partial charge on any atom is -0.497 e. The lowest BCUT2D eigenvalue weighted by Crippen LogP contribution is -1.94. The minimum absolute atomic E-state index is 0. The van der Waals surface area contributed by atoms with Crippen LogP contribution in [0.5, 0.6) is 5.75 Å². The Morgan fingerprint density at radius 3 is 2.00 bits per heavy atom. The zero-order chi connectivity index (χ0) is 8.27. The second-order valence-electron chi connectivity index (χ2n) is 2.03. The summed E-state index contributed by atoms with van der Waals surface area (Å²) in [7, 11) is -0.990. The van der Waals surface area contributed by atoms with Crippen molar-refractivity contribution in [1.29, 1.82) is 0 Å². The largest absolute Gasteiger partial charge is 0.497 e. The van der Waals surface area contributed by atoms with Crippen LogP contribution >= 0.6 is 32.8 Å². The Labute approximate surface area is 89.8 Å². The van der Waals surface area contributed by atoms with Gasteiger partial charge in [0.25, 0.3) is 0 Å². The van der Waals surface area contributed by atoms with Crippen molar-refractivity contribution in [1.82, 2.24) is 0 Å². The Bertz CT molecular complexity index is 263. The fraction of sp³-hybridized carbons (Fsp3) is 0.143. The summed E-state index contributed by atoms with van der Waals surface area (Å²) in [6, 6.07) is 6.49. The molecule has 1 unspecified atom stereocenters. The number of halogens is 2. The molecular weight excluding hydrogens is 234 g/mol. The third-order valence-corrected chi connectivity index (χ3v) is 2.16. The molecule has 0 amide bonds. The number of benzene rings is 1. The SMILES string of the molecule is COc1ccc([PH](=O)O)cc1.Cl.Cl. The van der Waals surface area contributed by atoms with E-state index < -0.39 is 8.03 Å². The molecule has 0 saturated carbocycles. The molecule has 3 nitrogen and oxygen atoms in total. The molecule has 1 rings (SSSR count). The van der Waals surface area contributed by atoms with Crippen LogP contribution in [0.2, 0.25) is 0 Å². The maximum absolute atomic E-state index is 10.5. The Morgan fingerprint density at radius 1 is 1.23 bits per heavy atom. The number of hydrogen-bond acceptors (Lipinski definition) is 2. The molecule has 0 spiro atoms. The topological polar surface area (TPSA) is 46.5 Å². The second-order valence-corrected chi connectivity index (χ2v) is 3.22. The van der Waals surface area contributed by atoms with Gasteiger partial charge in [-0.2, -0.15) is 0 Å². The fourth-order valence-electron chi connectivity index (χ4n) is 0.734. The number of hydrogen-bond donors (Lipinski definition) is 1. The van der Waals surface area contributed by atoms with Gasteiger partial charge in [-0.1, -0.05) is 0 Å². The molecule has 1 N–H and O–H groups in total. The van der Waals surface area contributed by atoms with Crippen LogP contribution < -0.4 is 10.0 Å². The highest BCUT2D eigenvalue weighted by atomic mass is 35.5. The monoisotopic (exact) mass is 244 g/mol. The van der Waals surface area contributed by atoms with Crippen molar-refractivity contribution < 1.29 is 14.2 Å². The summed E-state index contributed by atoms with van der Waals surface area (Å²) < 4.78 is 15.4. The van der Waals surface area contributed by atoms with E-state index in [0.717, 1.165) is 0 Å². The van der Waals surface area contributed by atoms with E-state index >= 15 is 0 Å². The minimum atomic E-state index is -2.54. The lowest BCUT2D eigenvalue weighted by Gasteiger charge is -1.98. The van der Waals surface area contributed by atoms with E-state index in [-0.39, 0.29) is 24.8 Å². The van der Waals surface area contributed by atoms with Crippen LogP contribution in [0.25, 0.3) is 0 Å². The van der Waals surface area contributed by atoms with Crippen molar-refractivity contribution in [3.8, 4) is 5.75 Å². The van der Waals surface area contributed by atoms with E-state index in [9.17, 15) is 4.57 Å². The van der Waals surface area contributed by atoms with Gasteiger partial charge in [-0.25, -0.2) is 0 Å². The van der Waals surface area contributed by atoms with Crippen LogP contribution in [0.3, 0.4) is 0 Å². The van der Waals surface area contributed by atoms with Crippen molar-refractivity contribution in [3.05, 3.63) is 24.3 Å². The summed E-state index contributed by atoms with van der Waals surface area (Å²) in [5.74, 6) is 0.692. The molecule has 1 aromatic rings. The highest BCUT2D eigenvalue weighted by Crippen LogP contribution is 2.15. The molecule has 0 saturated heterocycles. The molecule has 0 aliphatic rings. The average molecular weight is 245 g/mol. The number of methoxy groups -OCH3 is 1. The molecule has 0 radical (unpaired) electrons. The zero-order valence-corrected chi connectivity index (χ0v) is 9.52. The quantitative estimate of drug-likeness (QED) is 0.805. The lowest BCUT2D eigenvalue weighted by atomic mass is 10.3. The third-order valence-electron chi connectivity index (χ3n) is 1.34. The van der Waals surface area contributed by atoms with Crippen molar-refractivity contribution in [2.24, 2.45) is 0 Å². The molecule has 0 aromatic heterocycles. The predicted octanol–water partition coefficient (Wildman–Crippen LogP) is 1.63. The zero-order valence-electron chi connectivity index (χ0n) is 6.89. The Balaban J connectivity index is 0. The number of ether oxygens (including phenoxy) is 1. The number of rotatable bonds is 2. The predicted molar refractivity (Wildman–Crippen MR) is 58.3 cm³/mol. The fourth-order valence-corrected chi connectivity index (χ4v) is 1.19. The average Bonchev–Trinajstić information content (AvgIpc) is 2.05. The Morgan fingerprint density at radius 2 is 1.69 bits per heavy atom. The van der Waals surface area contributed by atoms with E-state index in [1.165, 1.54) is 0 Å². The summed E-state index contributed by atoms with van der Waals surface area (Å²) in [6.07, 6.45) is 0. The molecule has 1 atom stereocenters. The molecule has 0 aliphatic heterocycles. The van der Waals surface area contributed by atoms with E-state index in [1.54, 1.807) is 31.4 Å². The van der Waals surface area contributed by atoms with E-state index in [4.69, 9.17) is 9.63 Å². The van der Waals surface area contributed by atoms with Gasteiger partial charge in [0.1, 0.15) is 5.75 Å². The van der Waals surface area contributed by atoms with Crippen molar-refractivity contribution in [2.75, 3.05) is 7.11 Å². The van der Waals surface area contributed by atoms with Gasteiger partial charge in [-0.3, -0.25) is 4.57 Å². The van der Waals surface area contributed by atoms with Crippen LogP contribution in [-0.4, -0.2) is 12.0 Å². The highest BCUT2D eigenvalue weighted by molar-refractivity contribution is 7.47. The van der Waals surface area contributed by atoms with Crippen LogP contribution in [0.1, 0.15) is 0 Å². The van der Waals surface area contributed by atoms with Gasteiger partial charge in [0.2, 0.25) is 8.03 Å². The van der Waals surface area contributed by atoms with Gasteiger partial charge in [-0.05, 0) is 24.3 Å². The van der Waals surface area contributed by atoms with Gasteiger partial charge in [0.05, 0.1) is 7.11 Å². The van der Waals surface area contributed by atoms with Crippen LogP contribution in [0.4, 0.5) is 0 Å². The van der Waals surface area contributed by atoms with Gasteiger partial charge in [0, 0.05) is 5.30 Å². The first-order valence-corrected chi connectivity index (χ1v) is 4.47. The lowest BCUT2D eigenvalue weighted by molar-refractivity contribution is 0.415. The molecular formula is C7H11Cl2O3P. The van der Waals surface area contributed by atoms with E-state index in [1.807, 2.05) is 0 Å². The van der Waals surface area contributed by atoms with Crippen molar-refractivity contribution in [2.45, 2.75) is 0 Å². The van der Waals surface area contributed by atoms with Crippen molar-refractivity contribution >= 4 is 38.1 Å². The Kier molecular flexibility index (Phi) is 8.48. The first kappa shape index (κ1) is 15.3. The summed E-state index contributed by atoms with van der Waals surface area (Å²) in [5, 5.41) is 0.454. The molecule has 0 bridgehead atoms. The van der Waals surface area contributed by atoms with Gasteiger partial charge >= 0.3 is 0 Å². The molecule has 13 heavy (non-hydrogen) atoms. The van der Waals surface area contributed by atoms with Gasteiger partial charge in [-0.15, -0.1) is 24.8 Å². The first-order chi connectivity index (χ1) is 5.24. The summed E-state index contributed by atoms with van der Waals surface area (Å²) in [4.78, 5) is 8.69. The molecule has 0 heterocycles. The van der Waals surface area contributed by atoms with Crippen LogP contribution in [0.15, 0.2) is 24.3 Å². The third kappa shape index (κ3) is 4.53. The van der Waals surface area contributed by atoms with Crippen LogP contribution in [0, 0.1) is 0 Å². The highest BCUT2D eigenvalue weighted by Gasteiger charge is 1.97.